The van der Waals surface area contributed by atoms with E-state index in [2.05, 4.69) is 20.9 Å². The van der Waals surface area contributed by atoms with E-state index in [-0.39, 0.29) is 22.3 Å². The Hall–Kier alpha value is -3.76. The number of rotatable bonds is 7. The molecule has 1 saturated heterocycles. The van der Waals surface area contributed by atoms with E-state index < -0.39 is 53.9 Å². The molecule has 5 N–H and O–H groups in total. The summed E-state index contributed by atoms with van der Waals surface area (Å²) in [6.07, 6.45) is 1.87. The first kappa shape index (κ1) is 23.0. The number of carboxylic acids is 2. The molecule has 1 saturated carbocycles. The molecule has 3 heterocycles. The van der Waals surface area contributed by atoms with E-state index in [9.17, 15) is 24.9 Å². The summed E-state index contributed by atoms with van der Waals surface area (Å²) in [5, 5.41) is 30.8. The molecule has 12 nitrogen and oxygen atoms in total. The molecule has 0 spiro atoms. The van der Waals surface area contributed by atoms with Crippen LogP contribution in [-0.4, -0.2) is 70.7 Å². The molecule has 0 amide bonds. The van der Waals surface area contributed by atoms with E-state index >= 15 is 0 Å². The highest BCUT2D eigenvalue weighted by Crippen LogP contribution is 2.63. The van der Waals surface area contributed by atoms with Crippen molar-refractivity contribution in [3.8, 4) is 12.3 Å². The van der Waals surface area contributed by atoms with Crippen molar-refractivity contribution < 1.29 is 34.4 Å². The molecule has 13 heteroatoms. The topological polar surface area (TPSA) is 183 Å². The van der Waals surface area contributed by atoms with Crippen LogP contribution in [0.15, 0.2) is 36.7 Å². The third kappa shape index (κ3) is 3.24. The number of carbonyl (C=O) groups is 2. The fourth-order valence-corrected chi connectivity index (χ4v) is 4.70. The second-order valence-corrected chi connectivity index (χ2v) is 8.65. The minimum Gasteiger partial charge on any atom is -0.479 e. The Labute approximate surface area is 202 Å². The van der Waals surface area contributed by atoms with Gasteiger partial charge in [0.15, 0.2) is 17.7 Å². The Bertz CT molecular complexity index is 1380. The van der Waals surface area contributed by atoms with Crippen molar-refractivity contribution >= 4 is 40.5 Å². The number of hydrogen-bond acceptors (Lipinski definition) is 9. The van der Waals surface area contributed by atoms with Gasteiger partial charge in [0, 0.05) is 6.42 Å². The zero-order chi connectivity index (χ0) is 25.1. The van der Waals surface area contributed by atoms with Crippen LogP contribution in [0, 0.1) is 17.8 Å². The van der Waals surface area contributed by atoms with Gasteiger partial charge in [0.05, 0.1) is 6.33 Å². The molecule has 2 aliphatic rings. The average Bonchev–Trinajstić information content (AvgIpc) is 3.06. The van der Waals surface area contributed by atoms with Crippen LogP contribution in [0.2, 0.25) is 5.28 Å². The molecule has 1 aliphatic carbocycles. The summed E-state index contributed by atoms with van der Waals surface area (Å²) >= 11 is 5.90. The van der Waals surface area contributed by atoms with Crippen LogP contribution in [0.1, 0.15) is 11.8 Å². The minimum absolute atomic E-state index is 0.0258. The van der Waals surface area contributed by atoms with E-state index in [1.54, 1.807) is 30.3 Å². The van der Waals surface area contributed by atoms with E-state index in [1.807, 2.05) is 0 Å². The van der Waals surface area contributed by atoms with Gasteiger partial charge in [-0.2, -0.15) is 9.97 Å². The second kappa shape index (κ2) is 7.89. The lowest BCUT2D eigenvalue weighted by Gasteiger charge is -2.29. The lowest BCUT2D eigenvalue weighted by Crippen LogP contribution is -2.53. The molecule has 1 unspecified atom stereocenters. The van der Waals surface area contributed by atoms with Crippen molar-refractivity contribution in [2.24, 2.45) is 5.41 Å². The fourth-order valence-electron chi connectivity index (χ4n) is 4.53. The molecule has 1 aliphatic heterocycles. The number of nitrogens with two attached hydrogens (primary N) is 1. The van der Waals surface area contributed by atoms with Gasteiger partial charge in [-0.05, 0) is 17.2 Å². The van der Waals surface area contributed by atoms with Crippen LogP contribution in [-0.2, 0) is 25.5 Å². The number of ether oxygens (including phenoxy) is 2. The normalized spacial score (nSPS) is 27.3. The Morgan fingerprint density at radius 2 is 1.97 bits per heavy atom. The monoisotopic (exact) mass is 499 g/mol. The van der Waals surface area contributed by atoms with E-state index in [4.69, 9.17) is 33.2 Å². The van der Waals surface area contributed by atoms with Gasteiger partial charge in [0.25, 0.3) is 5.60 Å². The molecular weight excluding hydrogens is 482 g/mol. The maximum atomic E-state index is 12.2. The molecule has 5 atom stereocenters. The number of anilines is 1. The van der Waals surface area contributed by atoms with Crippen molar-refractivity contribution in [1.82, 2.24) is 19.5 Å². The molecule has 1 aromatic carbocycles. The van der Waals surface area contributed by atoms with E-state index in [0.717, 1.165) is 0 Å². The number of nitrogens with zero attached hydrogens (tertiary/aromatic N) is 4. The van der Waals surface area contributed by atoms with Gasteiger partial charge in [-0.15, -0.1) is 6.42 Å². The second-order valence-electron chi connectivity index (χ2n) is 8.31. The first-order valence-corrected chi connectivity index (χ1v) is 10.7. The third-order valence-electron chi connectivity index (χ3n) is 6.41. The number of terminal acetylenes is 1. The van der Waals surface area contributed by atoms with Gasteiger partial charge in [0.1, 0.15) is 29.2 Å². The number of hydrogen-bond donors (Lipinski definition) is 4. The number of aromatic nitrogens is 4. The summed E-state index contributed by atoms with van der Waals surface area (Å²) in [7, 11) is 0. The molecule has 180 valence electrons. The number of aliphatic carboxylic acids is 2. The number of aliphatic hydroxyl groups excluding tert-OH is 1. The number of halogens is 1. The van der Waals surface area contributed by atoms with Gasteiger partial charge in [-0.3, -0.25) is 4.57 Å². The SMILES string of the molecule is C#C[C@@]12C(OC(Cc3ccccc3)(C(=O)O)C(=O)O)[C@H]1O[C@@H](n1cnc3c(N)nc(Cl)nc31)[C@@H]2O. The Balaban J connectivity index is 1.46. The van der Waals surface area contributed by atoms with E-state index in [0.29, 0.717) is 5.56 Å². The molecule has 5 rings (SSSR count). The molecule has 35 heavy (non-hydrogen) atoms. The number of carboxylic acid groups (broad SMARTS) is 2. The fraction of sp³-hybridized carbons (Fsp3) is 0.318. The van der Waals surface area contributed by atoms with Crippen molar-refractivity contribution in [1.29, 1.82) is 0 Å². The van der Waals surface area contributed by atoms with Gasteiger partial charge in [0.2, 0.25) is 5.28 Å². The van der Waals surface area contributed by atoms with Crippen molar-refractivity contribution in [2.75, 3.05) is 5.73 Å². The molecule has 0 radical (unpaired) electrons. The highest BCUT2D eigenvalue weighted by Gasteiger charge is 2.79. The van der Waals surface area contributed by atoms with Crippen molar-refractivity contribution in [2.45, 2.75) is 36.6 Å². The predicted molar refractivity (Wildman–Crippen MR) is 119 cm³/mol. The number of aliphatic hydroxyl groups is 1. The van der Waals surface area contributed by atoms with Crippen LogP contribution < -0.4 is 5.73 Å². The Morgan fingerprint density at radius 1 is 1.29 bits per heavy atom. The zero-order valence-electron chi connectivity index (χ0n) is 17.8. The molecule has 2 fully saturated rings. The Kier molecular flexibility index (Phi) is 5.19. The van der Waals surface area contributed by atoms with Crippen LogP contribution >= 0.6 is 11.6 Å². The number of fused-ring (bicyclic) bond motifs is 2. The van der Waals surface area contributed by atoms with E-state index in [1.165, 1.54) is 10.9 Å². The summed E-state index contributed by atoms with van der Waals surface area (Å²) in [6.45, 7) is 0. The first-order chi connectivity index (χ1) is 16.7. The Morgan fingerprint density at radius 3 is 2.57 bits per heavy atom. The summed E-state index contributed by atoms with van der Waals surface area (Å²) < 4.78 is 13.0. The van der Waals surface area contributed by atoms with Crippen LogP contribution in [0.4, 0.5) is 5.82 Å². The number of nitrogen functional groups attached to an aromatic ring is 1. The summed E-state index contributed by atoms with van der Waals surface area (Å²) in [5.41, 5.74) is 2.51. The first-order valence-electron chi connectivity index (χ1n) is 10.3. The highest BCUT2D eigenvalue weighted by molar-refractivity contribution is 6.28. The third-order valence-corrected chi connectivity index (χ3v) is 6.58. The zero-order valence-corrected chi connectivity index (χ0v) is 18.5. The standard InChI is InChI=1S/C22H18ClN5O7/c1-2-21-12(29)17(28-9-25-11-15(24)26-20(23)27-16(11)28)34-13(21)14(21)35-22(18(30)31,19(32)33)8-10-6-4-3-5-7-10/h1,3-7,9,12-14,17,29H,8H2,(H,30,31)(H,32,33)(H2,24,26,27)/t12-,13+,14?,17+,21-/m0/s1. The maximum absolute atomic E-state index is 12.2. The molecule has 2 aromatic heterocycles. The minimum atomic E-state index is -2.66. The lowest BCUT2D eigenvalue weighted by atomic mass is 9.93. The van der Waals surface area contributed by atoms with Crippen LogP contribution in [0.25, 0.3) is 11.2 Å². The van der Waals surface area contributed by atoms with Gasteiger partial charge >= 0.3 is 11.9 Å². The van der Waals surface area contributed by atoms with Crippen LogP contribution in [0.5, 0.6) is 0 Å². The van der Waals surface area contributed by atoms with Gasteiger partial charge in [-0.1, -0.05) is 36.3 Å². The molecule has 0 bridgehead atoms. The quantitative estimate of drug-likeness (QED) is 0.201. The summed E-state index contributed by atoms with van der Waals surface area (Å²) in [5.74, 6) is -0.954. The van der Waals surface area contributed by atoms with Crippen LogP contribution in [0.3, 0.4) is 0 Å². The van der Waals surface area contributed by atoms with Crippen molar-refractivity contribution in [3.63, 3.8) is 0 Å². The molecular formula is C22H18ClN5O7. The summed E-state index contributed by atoms with van der Waals surface area (Å²) in [4.78, 5) is 36.4. The molecule has 3 aromatic rings. The predicted octanol–water partition coefficient (Wildman–Crippen LogP) is 0.489. The number of benzene rings is 1. The summed E-state index contributed by atoms with van der Waals surface area (Å²) in [6, 6.07) is 8.17. The highest BCUT2D eigenvalue weighted by atomic mass is 35.5. The largest absolute Gasteiger partial charge is 0.479 e. The maximum Gasteiger partial charge on any atom is 0.348 e. The smallest absolute Gasteiger partial charge is 0.348 e. The number of imidazole rings is 1. The van der Waals surface area contributed by atoms with Gasteiger partial charge < -0.3 is 30.5 Å². The van der Waals surface area contributed by atoms with Crippen molar-refractivity contribution in [3.05, 3.63) is 47.5 Å². The average molecular weight is 500 g/mol. The lowest BCUT2D eigenvalue weighted by molar-refractivity contribution is -0.193. The van der Waals surface area contributed by atoms with Gasteiger partial charge in [-0.25, -0.2) is 14.6 Å².